The molecule has 1 aliphatic carbocycles. The van der Waals surface area contributed by atoms with Crippen molar-refractivity contribution in [3.05, 3.63) is 46.5 Å². The largest absolute Gasteiger partial charge is 0.439 e. The van der Waals surface area contributed by atoms with Gasteiger partial charge in [0.2, 0.25) is 5.89 Å². The van der Waals surface area contributed by atoms with Gasteiger partial charge < -0.3 is 10.2 Å². The summed E-state index contributed by atoms with van der Waals surface area (Å²) < 4.78 is 5.85. The summed E-state index contributed by atoms with van der Waals surface area (Å²) in [6.07, 6.45) is 2.54. The van der Waals surface area contributed by atoms with Crippen molar-refractivity contribution in [1.29, 1.82) is 0 Å². The van der Waals surface area contributed by atoms with E-state index in [1.165, 1.54) is 18.4 Å². The van der Waals surface area contributed by atoms with Gasteiger partial charge in [0.1, 0.15) is 5.52 Å². The van der Waals surface area contributed by atoms with Crippen LogP contribution < -0.4 is 5.73 Å². The number of nitrogen functional groups attached to an aromatic ring is 1. The van der Waals surface area contributed by atoms with E-state index in [0.29, 0.717) is 11.7 Å². The molecule has 4 nitrogen and oxygen atoms in total. The molecule has 2 aromatic heterocycles. The summed E-state index contributed by atoms with van der Waals surface area (Å²) in [4.78, 5) is 7.01. The third kappa shape index (κ3) is 2.66. The number of aromatic nitrogens is 1. The zero-order valence-electron chi connectivity index (χ0n) is 11.7. The molecule has 108 valence electrons. The van der Waals surface area contributed by atoms with Crippen molar-refractivity contribution in [3.63, 3.8) is 0 Å². The Labute approximate surface area is 127 Å². The molecule has 1 fully saturated rings. The molecule has 0 bridgehead atoms. The molecule has 0 spiro atoms. The van der Waals surface area contributed by atoms with E-state index in [1.807, 2.05) is 18.2 Å². The number of benzene rings is 1. The van der Waals surface area contributed by atoms with Crippen LogP contribution in [0.4, 0.5) is 5.69 Å². The van der Waals surface area contributed by atoms with Crippen LogP contribution >= 0.6 is 11.3 Å². The van der Waals surface area contributed by atoms with Gasteiger partial charge in [-0.25, -0.2) is 4.98 Å². The van der Waals surface area contributed by atoms with Crippen LogP contribution in [0.2, 0.25) is 0 Å². The second-order valence-electron chi connectivity index (χ2n) is 5.57. The highest BCUT2D eigenvalue weighted by Crippen LogP contribution is 2.31. The number of para-hydroxylation sites is 1. The van der Waals surface area contributed by atoms with Gasteiger partial charge in [-0.15, -0.1) is 0 Å². The minimum absolute atomic E-state index is 0.664. The second kappa shape index (κ2) is 5.16. The van der Waals surface area contributed by atoms with Crippen molar-refractivity contribution < 1.29 is 4.42 Å². The van der Waals surface area contributed by atoms with Crippen LogP contribution in [0.15, 0.2) is 39.4 Å². The number of nitrogens with two attached hydrogens (primary N) is 1. The van der Waals surface area contributed by atoms with Crippen molar-refractivity contribution in [3.8, 4) is 0 Å². The molecule has 2 heterocycles. The molecule has 0 amide bonds. The Kier molecular flexibility index (Phi) is 3.16. The highest BCUT2D eigenvalue weighted by molar-refractivity contribution is 7.07. The second-order valence-corrected chi connectivity index (χ2v) is 6.35. The number of hydrogen-bond acceptors (Lipinski definition) is 5. The maximum atomic E-state index is 5.95. The summed E-state index contributed by atoms with van der Waals surface area (Å²) in [6, 6.07) is 8.53. The Balaban J connectivity index is 1.57. The van der Waals surface area contributed by atoms with E-state index in [-0.39, 0.29) is 0 Å². The molecule has 1 aliphatic rings. The van der Waals surface area contributed by atoms with Crippen LogP contribution in [0.3, 0.4) is 0 Å². The van der Waals surface area contributed by atoms with Crippen LogP contribution in [0, 0.1) is 0 Å². The van der Waals surface area contributed by atoms with Gasteiger partial charge in [0.25, 0.3) is 0 Å². The Hall–Kier alpha value is -1.85. The lowest BCUT2D eigenvalue weighted by molar-refractivity contribution is 0.223. The van der Waals surface area contributed by atoms with E-state index in [9.17, 15) is 0 Å². The molecule has 0 atom stereocenters. The van der Waals surface area contributed by atoms with Crippen molar-refractivity contribution >= 4 is 28.1 Å². The molecule has 0 unspecified atom stereocenters. The van der Waals surface area contributed by atoms with Crippen molar-refractivity contribution in [2.24, 2.45) is 0 Å². The quantitative estimate of drug-likeness (QED) is 0.731. The molecule has 4 rings (SSSR count). The molecule has 0 radical (unpaired) electrons. The molecule has 1 saturated carbocycles. The third-order valence-electron chi connectivity index (χ3n) is 3.86. The summed E-state index contributed by atoms with van der Waals surface area (Å²) >= 11 is 1.74. The first-order valence-corrected chi connectivity index (χ1v) is 8.13. The van der Waals surface area contributed by atoms with Gasteiger partial charge in [0.15, 0.2) is 5.58 Å². The SMILES string of the molecule is Nc1cccc2oc(CN(Cc3ccsc3)C3CC3)nc12. The maximum absolute atomic E-state index is 5.95. The molecule has 21 heavy (non-hydrogen) atoms. The van der Waals surface area contributed by atoms with Gasteiger partial charge in [-0.3, -0.25) is 4.90 Å². The fourth-order valence-electron chi connectivity index (χ4n) is 2.63. The predicted molar refractivity (Wildman–Crippen MR) is 85.0 cm³/mol. The van der Waals surface area contributed by atoms with E-state index >= 15 is 0 Å². The minimum atomic E-state index is 0.664. The van der Waals surface area contributed by atoms with Crippen LogP contribution in [-0.2, 0) is 13.1 Å². The summed E-state index contributed by atoms with van der Waals surface area (Å²) in [5, 5.41) is 4.33. The number of oxazole rings is 1. The molecular formula is C16H17N3OS. The first-order valence-electron chi connectivity index (χ1n) is 7.18. The van der Waals surface area contributed by atoms with E-state index in [1.54, 1.807) is 11.3 Å². The first-order chi connectivity index (χ1) is 10.3. The normalized spacial score (nSPS) is 15.1. The van der Waals surface area contributed by atoms with E-state index < -0.39 is 0 Å². The molecule has 1 aromatic carbocycles. The highest BCUT2D eigenvalue weighted by Gasteiger charge is 2.30. The predicted octanol–water partition coefficient (Wildman–Crippen LogP) is 3.64. The maximum Gasteiger partial charge on any atom is 0.209 e. The van der Waals surface area contributed by atoms with E-state index in [0.717, 1.165) is 30.1 Å². The number of rotatable bonds is 5. The molecular weight excluding hydrogens is 282 g/mol. The number of thiophene rings is 1. The van der Waals surface area contributed by atoms with Crippen LogP contribution in [-0.4, -0.2) is 15.9 Å². The Morgan fingerprint density at radius 2 is 2.19 bits per heavy atom. The first kappa shape index (κ1) is 12.9. The molecule has 5 heteroatoms. The molecule has 2 N–H and O–H groups in total. The topological polar surface area (TPSA) is 55.3 Å². The number of anilines is 1. The zero-order valence-corrected chi connectivity index (χ0v) is 12.5. The van der Waals surface area contributed by atoms with Crippen molar-refractivity contribution in [2.45, 2.75) is 32.0 Å². The lowest BCUT2D eigenvalue weighted by Gasteiger charge is -2.19. The third-order valence-corrected chi connectivity index (χ3v) is 4.59. The standard InChI is InChI=1S/C16H17N3OS/c17-13-2-1-3-14-16(13)18-15(20-14)9-19(12-4-5-12)8-11-6-7-21-10-11/h1-3,6-7,10,12H,4-5,8-9,17H2. The lowest BCUT2D eigenvalue weighted by Crippen LogP contribution is -2.24. The summed E-state index contributed by atoms with van der Waals surface area (Å²) in [5.41, 5.74) is 9.54. The average Bonchev–Trinajstić information content (AvgIpc) is 3.03. The smallest absolute Gasteiger partial charge is 0.209 e. The average molecular weight is 299 g/mol. The van der Waals surface area contributed by atoms with Gasteiger partial charge >= 0.3 is 0 Å². The number of fused-ring (bicyclic) bond motifs is 1. The summed E-state index contributed by atoms with van der Waals surface area (Å²) in [6.45, 7) is 1.71. The van der Waals surface area contributed by atoms with Gasteiger partial charge in [-0.05, 0) is 47.4 Å². The zero-order chi connectivity index (χ0) is 14.2. The summed E-state index contributed by atoms with van der Waals surface area (Å²) in [7, 11) is 0. The Morgan fingerprint density at radius 3 is 2.90 bits per heavy atom. The molecule has 0 aliphatic heterocycles. The van der Waals surface area contributed by atoms with E-state index in [4.69, 9.17) is 10.2 Å². The van der Waals surface area contributed by atoms with Gasteiger partial charge in [0, 0.05) is 12.6 Å². The highest BCUT2D eigenvalue weighted by atomic mass is 32.1. The van der Waals surface area contributed by atoms with Gasteiger partial charge in [-0.1, -0.05) is 6.07 Å². The Morgan fingerprint density at radius 1 is 1.29 bits per heavy atom. The fourth-order valence-corrected chi connectivity index (χ4v) is 3.29. The molecule has 3 aromatic rings. The van der Waals surface area contributed by atoms with Gasteiger partial charge in [0.05, 0.1) is 12.2 Å². The number of nitrogens with zero attached hydrogens (tertiary/aromatic N) is 2. The van der Waals surface area contributed by atoms with Crippen molar-refractivity contribution in [2.75, 3.05) is 5.73 Å². The Bertz CT molecular complexity index is 746. The fraction of sp³-hybridized carbons (Fsp3) is 0.312. The van der Waals surface area contributed by atoms with Crippen LogP contribution in [0.5, 0.6) is 0 Å². The number of hydrogen-bond donors (Lipinski definition) is 1. The van der Waals surface area contributed by atoms with Crippen LogP contribution in [0.1, 0.15) is 24.3 Å². The van der Waals surface area contributed by atoms with E-state index in [2.05, 4.69) is 26.7 Å². The van der Waals surface area contributed by atoms with Gasteiger partial charge in [-0.2, -0.15) is 11.3 Å². The van der Waals surface area contributed by atoms with Crippen molar-refractivity contribution in [1.82, 2.24) is 9.88 Å². The minimum Gasteiger partial charge on any atom is -0.439 e. The lowest BCUT2D eigenvalue weighted by atomic mass is 10.3. The summed E-state index contributed by atoms with van der Waals surface area (Å²) in [5.74, 6) is 0.755. The van der Waals surface area contributed by atoms with Crippen LogP contribution in [0.25, 0.3) is 11.1 Å². The molecule has 0 saturated heterocycles. The monoisotopic (exact) mass is 299 g/mol.